The van der Waals surface area contributed by atoms with Crippen molar-refractivity contribution in [3.05, 3.63) is 89.2 Å². The second-order valence-corrected chi connectivity index (χ2v) is 13.0. The van der Waals surface area contributed by atoms with Crippen molar-refractivity contribution in [3.63, 3.8) is 0 Å². The highest BCUT2D eigenvalue weighted by molar-refractivity contribution is 6.41. The Morgan fingerprint density at radius 3 is 2.40 bits per heavy atom. The van der Waals surface area contributed by atoms with Crippen molar-refractivity contribution in [1.82, 2.24) is 20.2 Å². The minimum Gasteiger partial charge on any atom is -0.456 e. The van der Waals surface area contributed by atoms with E-state index in [0.29, 0.717) is 40.8 Å². The van der Waals surface area contributed by atoms with Gasteiger partial charge in [-0.3, -0.25) is 19.2 Å². The van der Waals surface area contributed by atoms with Crippen LogP contribution in [0.3, 0.4) is 0 Å². The second-order valence-electron chi connectivity index (χ2n) is 12.6. The fraction of sp³-hybridized carbons (Fsp3) is 0.314. The number of tetrazole rings is 1. The Balaban J connectivity index is 1.29. The topological polar surface area (TPSA) is 175 Å². The van der Waals surface area contributed by atoms with Gasteiger partial charge in [0.2, 0.25) is 11.7 Å². The van der Waals surface area contributed by atoms with E-state index in [1.807, 2.05) is 12.1 Å². The number of aromatic nitrogens is 4. The van der Waals surface area contributed by atoms with Crippen molar-refractivity contribution in [3.8, 4) is 5.69 Å². The van der Waals surface area contributed by atoms with Gasteiger partial charge in [0.1, 0.15) is 18.5 Å². The smallest absolute Gasteiger partial charge is 0.338 e. The Hall–Kier alpha value is -5.47. The number of halogens is 1. The molecule has 50 heavy (non-hydrogen) atoms. The van der Waals surface area contributed by atoms with Gasteiger partial charge in [-0.25, -0.2) is 4.79 Å². The van der Waals surface area contributed by atoms with Crippen molar-refractivity contribution in [2.75, 3.05) is 35.3 Å². The SMILES string of the molecule is CC(C)(C)OC(=O)c1ccc(NC(=O)[C@@H](CCC(=O)C(=O)Nc2cc(Cl)ccc2-n2cnnn2)Cc2ccc(N3CCOCC3=O)cc2)cc1. The van der Waals surface area contributed by atoms with Gasteiger partial charge >= 0.3 is 5.97 Å². The molecule has 2 heterocycles. The summed E-state index contributed by atoms with van der Waals surface area (Å²) >= 11 is 6.14. The molecule has 1 atom stereocenters. The van der Waals surface area contributed by atoms with Crippen LogP contribution in [-0.2, 0) is 35.1 Å². The number of nitrogens with one attached hydrogen (secondary N) is 2. The minimum atomic E-state index is -0.891. The highest BCUT2D eigenvalue weighted by Gasteiger charge is 2.25. The van der Waals surface area contributed by atoms with Crippen LogP contribution in [0.25, 0.3) is 5.69 Å². The van der Waals surface area contributed by atoms with E-state index in [-0.39, 0.29) is 43.4 Å². The number of rotatable bonds is 12. The van der Waals surface area contributed by atoms with Crippen LogP contribution in [0.4, 0.5) is 17.1 Å². The van der Waals surface area contributed by atoms with Crippen molar-refractivity contribution >= 4 is 58.1 Å². The fourth-order valence-electron chi connectivity index (χ4n) is 5.18. The summed E-state index contributed by atoms with van der Waals surface area (Å²) in [5.74, 6) is -3.37. The summed E-state index contributed by atoms with van der Waals surface area (Å²) in [4.78, 5) is 66.2. The number of benzene rings is 3. The largest absolute Gasteiger partial charge is 0.456 e. The predicted molar refractivity (Wildman–Crippen MR) is 184 cm³/mol. The van der Waals surface area contributed by atoms with E-state index in [1.54, 1.807) is 74.2 Å². The van der Waals surface area contributed by atoms with Crippen LogP contribution in [0.1, 0.15) is 49.5 Å². The first-order valence-electron chi connectivity index (χ1n) is 15.8. The monoisotopic (exact) mass is 701 g/mol. The third-order valence-corrected chi connectivity index (χ3v) is 7.88. The number of hydrogen-bond donors (Lipinski definition) is 2. The summed E-state index contributed by atoms with van der Waals surface area (Å²) in [6.45, 7) is 6.21. The number of carbonyl (C=O) groups excluding carboxylic acids is 5. The van der Waals surface area contributed by atoms with E-state index < -0.39 is 29.2 Å². The summed E-state index contributed by atoms with van der Waals surface area (Å²) in [7, 11) is 0. The van der Waals surface area contributed by atoms with E-state index in [2.05, 4.69) is 26.2 Å². The zero-order valence-corrected chi connectivity index (χ0v) is 28.5. The first-order valence-corrected chi connectivity index (χ1v) is 16.2. The molecule has 1 fully saturated rings. The van der Waals surface area contributed by atoms with Crippen molar-refractivity contribution in [1.29, 1.82) is 0 Å². The van der Waals surface area contributed by atoms with Crippen molar-refractivity contribution in [2.24, 2.45) is 5.92 Å². The molecule has 1 saturated heterocycles. The zero-order valence-electron chi connectivity index (χ0n) is 27.7. The molecule has 0 unspecified atom stereocenters. The molecule has 0 saturated carbocycles. The average molecular weight is 702 g/mol. The minimum absolute atomic E-state index is 0.0145. The van der Waals surface area contributed by atoms with Gasteiger partial charge in [-0.1, -0.05) is 23.7 Å². The van der Waals surface area contributed by atoms with E-state index in [4.69, 9.17) is 21.1 Å². The summed E-state index contributed by atoms with van der Waals surface area (Å²) in [5, 5.41) is 16.8. The lowest BCUT2D eigenvalue weighted by Crippen LogP contribution is -2.41. The molecule has 260 valence electrons. The van der Waals surface area contributed by atoms with Gasteiger partial charge in [-0.05, 0) is 104 Å². The molecule has 1 aliphatic rings. The second kappa shape index (κ2) is 15.8. The lowest BCUT2D eigenvalue weighted by molar-refractivity contribution is -0.135. The van der Waals surface area contributed by atoms with Crippen LogP contribution in [0.5, 0.6) is 0 Å². The molecule has 0 radical (unpaired) electrons. The van der Waals surface area contributed by atoms with Crippen LogP contribution in [0.2, 0.25) is 5.02 Å². The maximum absolute atomic E-state index is 13.7. The number of anilines is 3. The molecule has 0 spiro atoms. The molecular formula is C35H36ClN7O7. The fourth-order valence-corrected chi connectivity index (χ4v) is 5.35. The van der Waals surface area contributed by atoms with Crippen LogP contribution < -0.4 is 15.5 Å². The van der Waals surface area contributed by atoms with Crippen LogP contribution in [0, 0.1) is 5.92 Å². The van der Waals surface area contributed by atoms with E-state index >= 15 is 0 Å². The number of nitrogens with zero attached hydrogens (tertiary/aromatic N) is 5. The number of hydrogen-bond acceptors (Lipinski definition) is 10. The Bertz CT molecular complexity index is 1860. The molecule has 1 aliphatic heterocycles. The molecule has 14 nitrogen and oxygen atoms in total. The average Bonchev–Trinajstić information content (AvgIpc) is 3.61. The third-order valence-electron chi connectivity index (χ3n) is 7.65. The van der Waals surface area contributed by atoms with E-state index in [0.717, 1.165) is 5.56 Å². The van der Waals surface area contributed by atoms with Gasteiger partial charge in [0.15, 0.2) is 0 Å². The first-order chi connectivity index (χ1) is 23.9. The number of ether oxygens (including phenoxy) is 2. The Morgan fingerprint density at radius 1 is 1.00 bits per heavy atom. The van der Waals surface area contributed by atoms with Crippen LogP contribution in [0.15, 0.2) is 73.1 Å². The standard InChI is InChI=1S/C35H36ClN7O7/c1-35(2,3)50-34(48)23-6-10-26(11-7-23)38-32(46)24(18-22-4-12-27(13-5-22)42-16-17-49-20-31(42)45)8-15-30(44)33(47)39-28-19-25(36)9-14-29(28)43-21-37-40-41-43/h4-7,9-14,19,21,24H,8,15-18,20H2,1-3H3,(H,38,46)(H,39,47)/t24-/m0/s1. The van der Waals surface area contributed by atoms with Gasteiger partial charge in [-0.2, -0.15) is 4.68 Å². The number of carbonyl (C=O) groups is 5. The molecule has 3 amide bonds. The van der Waals surface area contributed by atoms with Gasteiger partial charge in [0.05, 0.1) is 23.5 Å². The summed E-state index contributed by atoms with van der Waals surface area (Å²) in [6, 6.07) is 18.2. The maximum Gasteiger partial charge on any atom is 0.338 e. The van der Waals surface area contributed by atoms with Gasteiger partial charge in [-0.15, -0.1) is 5.10 Å². The number of morpholine rings is 1. The molecular weight excluding hydrogens is 666 g/mol. The lowest BCUT2D eigenvalue weighted by atomic mass is 9.92. The number of amides is 3. The highest BCUT2D eigenvalue weighted by atomic mass is 35.5. The lowest BCUT2D eigenvalue weighted by Gasteiger charge is -2.27. The third kappa shape index (κ3) is 9.57. The molecule has 3 aromatic carbocycles. The molecule has 15 heteroatoms. The van der Waals surface area contributed by atoms with E-state index in [1.165, 1.54) is 17.1 Å². The zero-order chi connectivity index (χ0) is 35.8. The van der Waals surface area contributed by atoms with Crippen LogP contribution >= 0.6 is 11.6 Å². The summed E-state index contributed by atoms with van der Waals surface area (Å²) in [6.07, 6.45) is 1.39. The first kappa shape index (κ1) is 35.8. The molecule has 2 N–H and O–H groups in total. The van der Waals surface area contributed by atoms with Gasteiger partial charge in [0, 0.05) is 35.3 Å². The van der Waals surface area contributed by atoms with Crippen molar-refractivity contribution < 1.29 is 33.4 Å². The highest BCUT2D eigenvalue weighted by Crippen LogP contribution is 2.25. The molecule has 1 aromatic heterocycles. The Labute approximate surface area is 293 Å². The molecule has 5 rings (SSSR count). The van der Waals surface area contributed by atoms with E-state index in [9.17, 15) is 24.0 Å². The normalized spacial score (nSPS) is 13.8. The Kier molecular flexibility index (Phi) is 11.3. The van der Waals surface area contributed by atoms with Crippen LogP contribution in [-0.4, -0.2) is 75.0 Å². The molecule has 4 aromatic rings. The predicted octanol–water partition coefficient (Wildman–Crippen LogP) is 4.42. The quantitative estimate of drug-likeness (QED) is 0.159. The number of esters is 1. The maximum atomic E-state index is 13.7. The molecule has 0 bridgehead atoms. The van der Waals surface area contributed by atoms with Crippen molar-refractivity contribution in [2.45, 2.75) is 45.6 Å². The van der Waals surface area contributed by atoms with Gasteiger partial charge < -0.3 is 25.0 Å². The number of ketones is 1. The Morgan fingerprint density at radius 2 is 1.74 bits per heavy atom. The summed E-state index contributed by atoms with van der Waals surface area (Å²) in [5.41, 5.74) is 2.23. The van der Waals surface area contributed by atoms with Gasteiger partial charge in [0.25, 0.3) is 11.8 Å². The summed E-state index contributed by atoms with van der Waals surface area (Å²) < 4.78 is 11.9. The number of Topliss-reactive ketones (excluding diaryl/α,β-unsaturated/α-hetero) is 1. The molecule has 0 aliphatic carbocycles.